The van der Waals surface area contributed by atoms with Gasteiger partial charge in [0, 0.05) is 22.5 Å². The Balaban J connectivity index is 1.68. The number of benzene rings is 3. The van der Waals surface area contributed by atoms with Gasteiger partial charge in [0.15, 0.2) is 11.6 Å². The average Bonchev–Trinajstić information content (AvgIpc) is 3.32. The molecule has 0 aliphatic carbocycles. The fourth-order valence-electron chi connectivity index (χ4n) is 6.49. The van der Waals surface area contributed by atoms with Gasteiger partial charge in [0.2, 0.25) is 5.91 Å². The molecule has 1 saturated heterocycles. The summed E-state index contributed by atoms with van der Waals surface area (Å²) in [6, 6.07) is 17.3. The number of carbonyl (C=O) groups is 3. The highest BCUT2D eigenvalue weighted by molar-refractivity contribution is 6.16. The van der Waals surface area contributed by atoms with E-state index < -0.39 is 29.2 Å². The van der Waals surface area contributed by atoms with E-state index in [-0.39, 0.29) is 23.0 Å². The third-order valence-corrected chi connectivity index (χ3v) is 7.96. The lowest BCUT2D eigenvalue weighted by molar-refractivity contribution is -0.122. The van der Waals surface area contributed by atoms with Crippen molar-refractivity contribution < 1.29 is 18.8 Å². The maximum Gasteiger partial charge on any atom is 0.238 e. The van der Waals surface area contributed by atoms with Crippen molar-refractivity contribution in [2.75, 3.05) is 10.2 Å². The zero-order chi connectivity index (χ0) is 25.4. The number of amides is 1. The summed E-state index contributed by atoms with van der Waals surface area (Å²) in [4.78, 5) is 43.7. The lowest BCUT2D eigenvalue weighted by Gasteiger charge is -2.39. The van der Waals surface area contributed by atoms with Gasteiger partial charge >= 0.3 is 0 Å². The molecule has 5 nitrogen and oxygen atoms in total. The van der Waals surface area contributed by atoms with Gasteiger partial charge in [-0.05, 0) is 74.4 Å². The average molecular weight is 481 g/mol. The highest BCUT2D eigenvalue weighted by atomic mass is 19.1. The van der Waals surface area contributed by atoms with Gasteiger partial charge in [0.05, 0.1) is 18.0 Å². The first kappa shape index (κ1) is 22.4. The van der Waals surface area contributed by atoms with Gasteiger partial charge in [0.25, 0.3) is 0 Å². The third kappa shape index (κ3) is 2.84. The minimum absolute atomic E-state index is 0.200. The number of para-hydroxylation sites is 1. The van der Waals surface area contributed by atoms with Gasteiger partial charge in [-0.3, -0.25) is 14.4 Å². The Labute approximate surface area is 208 Å². The summed E-state index contributed by atoms with van der Waals surface area (Å²) in [6.45, 7) is 5.48. The van der Waals surface area contributed by atoms with Crippen LogP contribution in [0.5, 0.6) is 0 Å². The smallest absolute Gasteiger partial charge is 0.238 e. The molecule has 0 radical (unpaired) electrons. The van der Waals surface area contributed by atoms with Crippen molar-refractivity contribution >= 4 is 34.4 Å². The van der Waals surface area contributed by atoms with Crippen molar-refractivity contribution in [3.8, 4) is 0 Å². The minimum Gasteiger partial charge on any atom is -0.352 e. The van der Waals surface area contributed by atoms with Crippen LogP contribution in [0.15, 0.2) is 72.8 Å². The number of Topliss-reactive ketones (excluding diaryl/α,β-unsaturated/α-hetero) is 2. The molecule has 1 fully saturated rings. The zero-order valence-electron chi connectivity index (χ0n) is 20.2. The number of ketones is 2. The highest BCUT2D eigenvalue weighted by Gasteiger charge is 2.70. The molecule has 3 heterocycles. The summed E-state index contributed by atoms with van der Waals surface area (Å²) in [7, 11) is 0. The van der Waals surface area contributed by atoms with Crippen LogP contribution < -0.4 is 10.2 Å². The summed E-state index contributed by atoms with van der Waals surface area (Å²) < 4.78 is 13.7. The normalized spacial score (nSPS) is 25.7. The number of halogens is 1. The number of hydrogen-bond donors (Lipinski definition) is 1. The number of aryl methyl sites for hydroxylation is 1. The first-order valence-corrected chi connectivity index (χ1v) is 12.0. The van der Waals surface area contributed by atoms with Crippen molar-refractivity contribution in [2.24, 2.45) is 5.92 Å². The van der Waals surface area contributed by atoms with Crippen molar-refractivity contribution in [3.63, 3.8) is 0 Å². The number of fused-ring (bicyclic) bond motifs is 6. The van der Waals surface area contributed by atoms with E-state index in [4.69, 9.17) is 0 Å². The number of rotatable bonds is 3. The fourth-order valence-corrected chi connectivity index (χ4v) is 6.49. The second-order valence-corrected chi connectivity index (χ2v) is 10.00. The van der Waals surface area contributed by atoms with E-state index in [0.717, 1.165) is 22.4 Å². The fraction of sp³-hybridized carbons (Fsp3) is 0.233. The Kier molecular flexibility index (Phi) is 4.80. The predicted octanol–water partition coefficient (Wildman–Crippen LogP) is 5.09. The molecule has 6 heteroatoms. The summed E-state index contributed by atoms with van der Waals surface area (Å²) in [6.07, 6.45) is 2.03. The molecule has 4 atom stereocenters. The van der Waals surface area contributed by atoms with Gasteiger partial charge < -0.3 is 10.2 Å². The van der Waals surface area contributed by atoms with E-state index in [0.29, 0.717) is 11.3 Å². The second-order valence-electron chi connectivity index (χ2n) is 10.00. The number of anilines is 2. The molecule has 0 aromatic heterocycles. The Morgan fingerprint density at radius 3 is 2.44 bits per heavy atom. The molecule has 3 aliphatic rings. The Hall–Kier alpha value is -4.06. The zero-order valence-corrected chi connectivity index (χ0v) is 20.2. The Morgan fingerprint density at radius 2 is 1.72 bits per heavy atom. The first-order valence-electron chi connectivity index (χ1n) is 12.0. The van der Waals surface area contributed by atoms with E-state index in [2.05, 4.69) is 11.4 Å². The van der Waals surface area contributed by atoms with Crippen LogP contribution in [-0.4, -0.2) is 29.6 Å². The number of nitrogens with zero attached hydrogens (tertiary/aromatic N) is 1. The maximum absolute atomic E-state index is 14.3. The molecule has 0 saturated carbocycles. The molecule has 1 spiro atoms. The largest absolute Gasteiger partial charge is 0.352 e. The van der Waals surface area contributed by atoms with Crippen LogP contribution in [0, 0.1) is 18.7 Å². The number of carbonyl (C=O) groups excluding carboxylic acids is 3. The van der Waals surface area contributed by atoms with Crippen molar-refractivity contribution in [1.29, 1.82) is 0 Å². The van der Waals surface area contributed by atoms with Gasteiger partial charge in [-0.25, -0.2) is 4.39 Å². The monoisotopic (exact) mass is 480 g/mol. The van der Waals surface area contributed by atoms with Gasteiger partial charge in [-0.1, -0.05) is 35.9 Å². The van der Waals surface area contributed by atoms with Gasteiger partial charge in [0.1, 0.15) is 11.2 Å². The van der Waals surface area contributed by atoms with Gasteiger partial charge in [-0.2, -0.15) is 0 Å². The van der Waals surface area contributed by atoms with Crippen LogP contribution in [0.1, 0.15) is 40.9 Å². The number of hydrogen-bond acceptors (Lipinski definition) is 4. The molecule has 1 N–H and O–H groups in total. The molecular weight excluding hydrogens is 455 g/mol. The minimum atomic E-state index is -1.33. The van der Waals surface area contributed by atoms with Crippen LogP contribution in [-0.2, 0) is 15.0 Å². The highest BCUT2D eigenvalue weighted by Crippen LogP contribution is 2.58. The summed E-state index contributed by atoms with van der Waals surface area (Å²) in [5.41, 5.74) is 4.17. The molecule has 3 aromatic rings. The van der Waals surface area contributed by atoms with Crippen LogP contribution in [0.25, 0.3) is 5.57 Å². The van der Waals surface area contributed by atoms with E-state index in [9.17, 15) is 18.8 Å². The summed E-state index contributed by atoms with van der Waals surface area (Å²) in [5.74, 6) is -2.32. The van der Waals surface area contributed by atoms with E-state index in [1.165, 1.54) is 31.2 Å². The summed E-state index contributed by atoms with van der Waals surface area (Å²) >= 11 is 0. The number of allylic oxidation sites excluding steroid dienone is 1. The molecule has 3 aliphatic heterocycles. The molecular formula is C30H25FN2O3. The molecule has 36 heavy (non-hydrogen) atoms. The maximum atomic E-state index is 14.3. The molecule has 6 rings (SSSR count). The van der Waals surface area contributed by atoms with E-state index >= 15 is 0 Å². The standard InChI is InChI=1S/C30H25FN2O3/c1-16-8-13-24-21(14-16)17(2)15-25-30(22-6-4-5-7-23(22)32-29(30)36)26(27(18(3)34)33(24)25)28(35)19-9-11-20(31)12-10-19/h4-15,25-27H,1-3H3,(H,32,36)/t25-,26+,27-,30-/m1/s1. The van der Waals surface area contributed by atoms with E-state index in [1.807, 2.05) is 61.2 Å². The Bertz CT molecular complexity index is 1490. The lowest BCUT2D eigenvalue weighted by Crippen LogP contribution is -2.51. The van der Waals surface area contributed by atoms with Crippen LogP contribution in [0.2, 0.25) is 0 Å². The predicted molar refractivity (Wildman–Crippen MR) is 137 cm³/mol. The molecule has 1 amide bonds. The van der Waals surface area contributed by atoms with Crippen molar-refractivity contribution in [1.82, 2.24) is 0 Å². The number of nitrogens with one attached hydrogen (secondary N) is 1. The molecule has 180 valence electrons. The van der Waals surface area contributed by atoms with Crippen LogP contribution in [0.4, 0.5) is 15.8 Å². The van der Waals surface area contributed by atoms with Crippen LogP contribution in [0.3, 0.4) is 0 Å². The Morgan fingerprint density at radius 1 is 1.00 bits per heavy atom. The van der Waals surface area contributed by atoms with Gasteiger partial charge in [-0.15, -0.1) is 0 Å². The third-order valence-electron chi connectivity index (χ3n) is 7.96. The molecule has 3 aromatic carbocycles. The quantitative estimate of drug-likeness (QED) is 0.531. The van der Waals surface area contributed by atoms with E-state index in [1.54, 1.807) is 0 Å². The van der Waals surface area contributed by atoms with Crippen molar-refractivity contribution in [3.05, 3.63) is 101 Å². The molecule has 0 unspecified atom stereocenters. The topological polar surface area (TPSA) is 66.5 Å². The van der Waals surface area contributed by atoms with Crippen LogP contribution >= 0.6 is 0 Å². The second kappa shape index (κ2) is 7.72. The lowest BCUT2D eigenvalue weighted by atomic mass is 9.64. The van der Waals surface area contributed by atoms with Crippen molar-refractivity contribution in [2.45, 2.75) is 38.3 Å². The first-order chi connectivity index (χ1) is 17.2. The summed E-state index contributed by atoms with van der Waals surface area (Å²) in [5, 5.41) is 3.00. The molecule has 0 bridgehead atoms. The SMILES string of the molecule is CC(=O)[C@@H]1[C@@H](C(=O)c2ccc(F)cc2)[C@]2(C(=O)Nc3ccccc32)[C@H]2C=C(C)c3cc(C)ccc3N12.